The highest BCUT2D eigenvalue weighted by atomic mass is 32.2. The van der Waals surface area contributed by atoms with Gasteiger partial charge >= 0.3 is 5.97 Å². The number of aryl methyl sites for hydroxylation is 1. The SMILES string of the molecule is CCc1ncc(S(=O)(=O)NCC(C)CC(=O)O)[nH]1. The van der Waals surface area contributed by atoms with Crippen LogP contribution in [0.4, 0.5) is 0 Å². The van der Waals surface area contributed by atoms with Gasteiger partial charge in [-0.2, -0.15) is 0 Å². The summed E-state index contributed by atoms with van der Waals surface area (Å²) in [6, 6.07) is 0. The molecule has 0 amide bonds. The van der Waals surface area contributed by atoms with Crippen LogP contribution in [0.2, 0.25) is 0 Å². The van der Waals surface area contributed by atoms with Gasteiger partial charge in [-0.1, -0.05) is 13.8 Å². The lowest BCUT2D eigenvalue weighted by Gasteiger charge is -2.09. The first-order valence-electron chi connectivity index (χ1n) is 5.60. The molecule has 0 saturated heterocycles. The van der Waals surface area contributed by atoms with E-state index < -0.39 is 16.0 Å². The summed E-state index contributed by atoms with van der Waals surface area (Å²) in [6.45, 7) is 3.60. The number of carboxylic acids is 1. The summed E-state index contributed by atoms with van der Waals surface area (Å²) in [7, 11) is -3.64. The van der Waals surface area contributed by atoms with E-state index in [1.807, 2.05) is 6.92 Å². The highest BCUT2D eigenvalue weighted by Crippen LogP contribution is 2.07. The fourth-order valence-electron chi connectivity index (χ4n) is 1.36. The monoisotopic (exact) mass is 275 g/mol. The molecule has 0 fully saturated rings. The number of nitrogens with zero attached hydrogens (tertiary/aromatic N) is 1. The van der Waals surface area contributed by atoms with Gasteiger partial charge in [-0.25, -0.2) is 18.1 Å². The first kappa shape index (κ1) is 14.7. The first-order chi connectivity index (χ1) is 8.35. The molecule has 0 aromatic carbocycles. The summed E-state index contributed by atoms with van der Waals surface area (Å²) in [6.07, 6.45) is 1.79. The number of hydrogen-bond donors (Lipinski definition) is 3. The van der Waals surface area contributed by atoms with Crippen LogP contribution in [0.25, 0.3) is 0 Å². The Labute approximate surface area is 106 Å². The third-order valence-corrected chi connectivity index (χ3v) is 3.71. The van der Waals surface area contributed by atoms with Crippen LogP contribution >= 0.6 is 0 Å². The van der Waals surface area contributed by atoms with Gasteiger partial charge in [0.05, 0.1) is 6.20 Å². The fourth-order valence-corrected chi connectivity index (χ4v) is 2.46. The number of aromatic amines is 1. The summed E-state index contributed by atoms with van der Waals surface area (Å²) >= 11 is 0. The van der Waals surface area contributed by atoms with Gasteiger partial charge in [0.1, 0.15) is 5.82 Å². The van der Waals surface area contributed by atoms with Crippen molar-refractivity contribution >= 4 is 16.0 Å². The molecule has 7 nitrogen and oxygen atoms in total. The molecule has 0 spiro atoms. The van der Waals surface area contributed by atoms with Crippen molar-refractivity contribution < 1.29 is 18.3 Å². The Balaban J connectivity index is 2.62. The lowest BCUT2D eigenvalue weighted by atomic mass is 10.1. The van der Waals surface area contributed by atoms with Gasteiger partial charge in [0, 0.05) is 19.4 Å². The molecule has 0 bridgehead atoms. The first-order valence-corrected chi connectivity index (χ1v) is 7.08. The average Bonchev–Trinajstić information content (AvgIpc) is 2.75. The van der Waals surface area contributed by atoms with Crippen molar-refractivity contribution in [3.05, 3.63) is 12.0 Å². The minimum Gasteiger partial charge on any atom is -0.481 e. The van der Waals surface area contributed by atoms with E-state index in [-0.39, 0.29) is 23.9 Å². The van der Waals surface area contributed by atoms with Crippen molar-refractivity contribution in [2.75, 3.05) is 6.54 Å². The molecule has 0 radical (unpaired) electrons. The molecule has 1 rings (SSSR count). The Bertz CT molecular complexity index is 509. The van der Waals surface area contributed by atoms with E-state index in [0.717, 1.165) is 0 Å². The number of carboxylic acid groups (broad SMARTS) is 1. The molecule has 102 valence electrons. The number of sulfonamides is 1. The van der Waals surface area contributed by atoms with E-state index in [2.05, 4.69) is 14.7 Å². The number of rotatable bonds is 7. The Morgan fingerprint density at radius 3 is 2.78 bits per heavy atom. The number of carbonyl (C=O) groups is 1. The summed E-state index contributed by atoms with van der Waals surface area (Å²) in [5, 5.41) is 8.57. The fraction of sp³-hybridized carbons (Fsp3) is 0.600. The average molecular weight is 275 g/mol. The molecular formula is C10H17N3O4S. The third-order valence-electron chi connectivity index (χ3n) is 2.37. The molecule has 0 saturated carbocycles. The molecule has 0 aliphatic rings. The molecule has 1 heterocycles. The van der Waals surface area contributed by atoms with Gasteiger partial charge in [-0.15, -0.1) is 0 Å². The summed E-state index contributed by atoms with van der Waals surface area (Å²) in [5.74, 6) is -0.628. The van der Waals surface area contributed by atoms with E-state index in [1.165, 1.54) is 6.20 Å². The Kier molecular flexibility index (Phi) is 4.85. The van der Waals surface area contributed by atoms with Crippen LogP contribution in [0.3, 0.4) is 0 Å². The zero-order chi connectivity index (χ0) is 13.8. The molecule has 8 heteroatoms. The number of aromatic nitrogens is 2. The van der Waals surface area contributed by atoms with Gasteiger partial charge in [-0.3, -0.25) is 4.79 Å². The van der Waals surface area contributed by atoms with Crippen molar-refractivity contribution in [3.8, 4) is 0 Å². The maximum absolute atomic E-state index is 11.8. The zero-order valence-corrected chi connectivity index (χ0v) is 11.1. The highest BCUT2D eigenvalue weighted by Gasteiger charge is 2.18. The second kappa shape index (κ2) is 5.96. The van der Waals surface area contributed by atoms with E-state index >= 15 is 0 Å². The second-order valence-corrected chi connectivity index (χ2v) is 5.84. The molecule has 1 unspecified atom stereocenters. The van der Waals surface area contributed by atoms with Crippen LogP contribution in [-0.2, 0) is 21.2 Å². The number of nitrogens with one attached hydrogen (secondary N) is 2. The van der Waals surface area contributed by atoms with Gasteiger partial charge in [0.25, 0.3) is 10.0 Å². The maximum atomic E-state index is 11.8. The molecule has 3 N–H and O–H groups in total. The van der Waals surface area contributed by atoms with E-state index in [1.54, 1.807) is 6.92 Å². The standard InChI is InChI=1S/C10H17N3O4S/c1-3-8-11-6-9(13-8)18(16,17)12-5-7(2)4-10(14)15/h6-7,12H,3-5H2,1-2H3,(H,11,13)(H,14,15). The van der Waals surface area contributed by atoms with Crippen LogP contribution in [0.5, 0.6) is 0 Å². The number of aliphatic carboxylic acids is 1. The van der Waals surface area contributed by atoms with Crippen molar-refractivity contribution in [1.29, 1.82) is 0 Å². The zero-order valence-electron chi connectivity index (χ0n) is 10.3. The summed E-state index contributed by atoms with van der Waals surface area (Å²) in [5.41, 5.74) is 0. The largest absolute Gasteiger partial charge is 0.481 e. The molecular weight excluding hydrogens is 258 g/mol. The Morgan fingerprint density at radius 1 is 1.61 bits per heavy atom. The summed E-state index contributed by atoms with van der Waals surface area (Å²) < 4.78 is 26.0. The second-order valence-electron chi connectivity index (χ2n) is 4.10. The van der Waals surface area contributed by atoms with Gasteiger partial charge in [0.15, 0.2) is 5.03 Å². The maximum Gasteiger partial charge on any atom is 0.303 e. The minimum atomic E-state index is -3.64. The Morgan fingerprint density at radius 2 is 2.28 bits per heavy atom. The molecule has 18 heavy (non-hydrogen) atoms. The van der Waals surface area contributed by atoms with E-state index in [0.29, 0.717) is 12.2 Å². The lowest BCUT2D eigenvalue weighted by Crippen LogP contribution is -2.29. The molecule has 1 aromatic rings. The Hall–Kier alpha value is -1.41. The minimum absolute atomic E-state index is 0.00174. The van der Waals surface area contributed by atoms with Crippen molar-refractivity contribution in [2.24, 2.45) is 5.92 Å². The quantitative estimate of drug-likeness (QED) is 0.665. The normalized spacial score (nSPS) is 13.4. The summed E-state index contributed by atoms with van der Waals surface area (Å²) in [4.78, 5) is 17.1. The van der Waals surface area contributed by atoms with Crippen LogP contribution in [-0.4, -0.2) is 36.0 Å². The lowest BCUT2D eigenvalue weighted by molar-refractivity contribution is -0.137. The predicted octanol–water partition coefficient (Wildman–Crippen LogP) is 0.361. The van der Waals surface area contributed by atoms with E-state index in [9.17, 15) is 13.2 Å². The topological polar surface area (TPSA) is 112 Å². The predicted molar refractivity (Wildman–Crippen MR) is 64.6 cm³/mol. The smallest absolute Gasteiger partial charge is 0.303 e. The van der Waals surface area contributed by atoms with Crippen molar-refractivity contribution in [2.45, 2.75) is 31.7 Å². The number of H-pyrrole nitrogens is 1. The van der Waals surface area contributed by atoms with Crippen LogP contribution in [0, 0.1) is 5.92 Å². The van der Waals surface area contributed by atoms with Gasteiger partial charge < -0.3 is 10.1 Å². The van der Waals surface area contributed by atoms with Crippen molar-refractivity contribution in [3.63, 3.8) is 0 Å². The van der Waals surface area contributed by atoms with Crippen LogP contribution < -0.4 is 4.72 Å². The van der Waals surface area contributed by atoms with Crippen molar-refractivity contribution in [1.82, 2.24) is 14.7 Å². The highest BCUT2D eigenvalue weighted by molar-refractivity contribution is 7.89. The molecule has 1 atom stereocenters. The molecule has 0 aliphatic carbocycles. The van der Waals surface area contributed by atoms with Crippen LogP contribution in [0.15, 0.2) is 11.2 Å². The van der Waals surface area contributed by atoms with E-state index in [4.69, 9.17) is 5.11 Å². The van der Waals surface area contributed by atoms with Gasteiger partial charge in [-0.05, 0) is 5.92 Å². The molecule has 0 aliphatic heterocycles. The van der Waals surface area contributed by atoms with Crippen LogP contribution in [0.1, 0.15) is 26.1 Å². The number of hydrogen-bond acceptors (Lipinski definition) is 4. The number of imidazole rings is 1. The van der Waals surface area contributed by atoms with Gasteiger partial charge in [0.2, 0.25) is 0 Å². The third kappa shape index (κ3) is 4.11. The molecule has 1 aromatic heterocycles.